The number of hydrogen-bond acceptors (Lipinski definition) is 3. The van der Waals surface area contributed by atoms with Crippen LogP contribution in [0, 0.1) is 0 Å². The molecule has 0 spiro atoms. The van der Waals surface area contributed by atoms with Crippen LogP contribution in [0.25, 0.3) is 0 Å². The number of hydrogen-bond donors (Lipinski definition) is 1. The van der Waals surface area contributed by atoms with Gasteiger partial charge in [0, 0.05) is 6.42 Å². The van der Waals surface area contributed by atoms with Crippen LogP contribution in [0.15, 0.2) is 0 Å². The summed E-state index contributed by atoms with van der Waals surface area (Å²) in [5.41, 5.74) is 0. The first kappa shape index (κ1) is 10.1. The fourth-order valence-electron chi connectivity index (χ4n) is 0.719. The third-order valence-electron chi connectivity index (χ3n) is 1.47. The van der Waals surface area contributed by atoms with Gasteiger partial charge in [0.25, 0.3) is 0 Å². The minimum absolute atomic E-state index is 0.0432. The second-order valence-corrected chi connectivity index (χ2v) is 2.60. The van der Waals surface area contributed by atoms with E-state index in [9.17, 15) is 9.59 Å². The van der Waals surface area contributed by atoms with E-state index in [2.05, 4.69) is 0 Å². The number of carboxylic acid groups (broad SMARTS) is 1. The molecule has 0 rings (SSSR count). The van der Waals surface area contributed by atoms with Crippen molar-refractivity contribution in [3.8, 4) is 0 Å². The van der Waals surface area contributed by atoms with E-state index >= 15 is 0 Å². The number of likely N-dealkylation sites (N-methyl/N-ethyl adjacent to an activating group) is 1. The summed E-state index contributed by atoms with van der Waals surface area (Å²) < 4.78 is 0. The second kappa shape index (κ2) is 4.85. The molecule has 4 nitrogen and oxygen atoms in total. The number of carbonyl (C=O) groups is 2. The molecule has 0 aliphatic heterocycles. The Kier molecular flexibility index (Phi) is 4.45. The van der Waals surface area contributed by atoms with Gasteiger partial charge in [-0.1, -0.05) is 0 Å². The number of rotatable bonds is 5. The molecular weight excluding hydrogens is 146 g/mol. The van der Waals surface area contributed by atoms with Crippen LogP contribution in [0.2, 0.25) is 0 Å². The van der Waals surface area contributed by atoms with E-state index in [1.807, 2.05) is 0 Å². The summed E-state index contributed by atoms with van der Waals surface area (Å²) in [6.07, 6.45) is 1.19. The Bertz CT molecular complexity index is 145. The number of nitrogens with zero attached hydrogens (tertiary/aromatic N) is 1. The molecule has 1 atom stereocenters. The van der Waals surface area contributed by atoms with Crippen molar-refractivity contribution in [3.63, 3.8) is 0 Å². The zero-order valence-electron chi connectivity index (χ0n) is 6.78. The van der Waals surface area contributed by atoms with E-state index in [1.54, 1.807) is 19.0 Å². The fourth-order valence-corrected chi connectivity index (χ4v) is 0.719. The van der Waals surface area contributed by atoms with Crippen molar-refractivity contribution < 1.29 is 14.7 Å². The summed E-state index contributed by atoms with van der Waals surface area (Å²) in [7, 11) is 3.50. The van der Waals surface area contributed by atoms with Gasteiger partial charge in [-0.3, -0.25) is 9.69 Å². The summed E-state index contributed by atoms with van der Waals surface area (Å²) >= 11 is 0. The standard InChI is InChI=1S/C7H13NO3/c1-8(2)6(5-9)3-4-7(10)11/h5-6H,3-4H2,1-2H3,(H,10,11). The zero-order valence-corrected chi connectivity index (χ0v) is 6.78. The van der Waals surface area contributed by atoms with Crippen LogP contribution in [0.3, 0.4) is 0 Å². The van der Waals surface area contributed by atoms with Crippen LogP contribution in [-0.2, 0) is 9.59 Å². The Morgan fingerprint density at radius 2 is 2.18 bits per heavy atom. The highest BCUT2D eigenvalue weighted by Crippen LogP contribution is 1.99. The van der Waals surface area contributed by atoms with Crippen molar-refractivity contribution in [1.29, 1.82) is 0 Å². The lowest BCUT2D eigenvalue weighted by Crippen LogP contribution is -2.29. The van der Waals surface area contributed by atoms with E-state index in [4.69, 9.17) is 5.11 Å². The maximum absolute atomic E-state index is 10.3. The van der Waals surface area contributed by atoms with Gasteiger partial charge in [0.05, 0.1) is 6.04 Å². The first-order chi connectivity index (χ1) is 5.07. The molecule has 0 aromatic rings. The molecule has 1 N–H and O–H groups in total. The van der Waals surface area contributed by atoms with Crippen LogP contribution in [0.5, 0.6) is 0 Å². The SMILES string of the molecule is CN(C)C(C=O)CCC(=O)O. The highest BCUT2D eigenvalue weighted by atomic mass is 16.4. The molecule has 0 aliphatic carbocycles. The average Bonchev–Trinajstić information content (AvgIpc) is 1.87. The summed E-state index contributed by atoms with van der Waals surface area (Å²) in [5, 5.41) is 8.31. The summed E-state index contributed by atoms with van der Waals surface area (Å²) in [5.74, 6) is -0.862. The van der Waals surface area contributed by atoms with Gasteiger partial charge in [-0.25, -0.2) is 0 Å². The maximum atomic E-state index is 10.3. The monoisotopic (exact) mass is 159 g/mol. The second-order valence-electron chi connectivity index (χ2n) is 2.60. The topological polar surface area (TPSA) is 57.6 Å². The minimum atomic E-state index is -0.862. The van der Waals surface area contributed by atoms with Gasteiger partial charge >= 0.3 is 5.97 Å². The van der Waals surface area contributed by atoms with Crippen molar-refractivity contribution in [2.45, 2.75) is 18.9 Å². The molecule has 0 fully saturated rings. The summed E-state index contributed by atoms with van der Waals surface area (Å²) in [6, 6.07) is -0.272. The van der Waals surface area contributed by atoms with E-state index in [0.717, 1.165) is 6.29 Å². The third-order valence-corrected chi connectivity index (χ3v) is 1.47. The number of aldehydes is 1. The highest BCUT2D eigenvalue weighted by molar-refractivity contribution is 5.68. The highest BCUT2D eigenvalue weighted by Gasteiger charge is 2.10. The van der Waals surface area contributed by atoms with Crippen molar-refractivity contribution in [2.75, 3.05) is 14.1 Å². The number of carbonyl (C=O) groups excluding carboxylic acids is 1. The molecule has 0 heterocycles. The van der Waals surface area contributed by atoms with E-state index in [1.165, 1.54) is 0 Å². The van der Waals surface area contributed by atoms with Gasteiger partial charge < -0.3 is 9.90 Å². The van der Waals surface area contributed by atoms with E-state index in [0.29, 0.717) is 6.42 Å². The van der Waals surface area contributed by atoms with Crippen LogP contribution in [0.4, 0.5) is 0 Å². The Balaban J connectivity index is 3.69. The molecule has 4 heteroatoms. The maximum Gasteiger partial charge on any atom is 0.303 e. The molecule has 0 amide bonds. The molecule has 0 saturated heterocycles. The van der Waals surface area contributed by atoms with Crippen molar-refractivity contribution >= 4 is 12.3 Å². The number of aliphatic carboxylic acids is 1. The first-order valence-corrected chi connectivity index (χ1v) is 3.41. The quantitative estimate of drug-likeness (QED) is 0.573. The molecule has 0 saturated carbocycles. The molecule has 0 radical (unpaired) electrons. The lowest BCUT2D eigenvalue weighted by atomic mass is 10.1. The van der Waals surface area contributed by atoms with Crippen LogP contribution in [0.1, 0.15) is 12.8 Å². The van der Waals surface area contributed by atoms with Crippen molar-refractivity contribution in [3.05, 3.63) is 0 Å². The molecule has 0 aliphatic rings. The fraction of sp³-hybridized carbons (Fsp3) is 0.714. The smallest absolute Gasteiger partial charge is 0.303 e. The predicted octanol–water partition coefficient (Wildman–Crippen LogP) is -0.0197. The van der Waals surface area contributed by atoms with Crippen molar-refractivity contribution in [1.82, 2.24) is 4.90 Å². The zero-order chi connectivity index (χ0) is 8.85. The lowest BCUT2D eigenvalue weighted by Gasteiger charge is -2.16. The van der Waals surface area contributed by atoms with Gasteiger partial charge in [0.15, 0.2) is 0 Å². The normalized spacial score (nSPS) is 13.0. The van der Waals surface area contributed by atoms with Gasteiger partial charge in [0.2, 0.25) is 0 Å². The third kappa shape index (κ3) is 4.50. The molecule has 11 heavy (non-hydrogen) atoms. The predicted molar refractivity (Wildman–Crippen MR) is 40.4 cm³/mol. The first-order valence-electron chi connectivity index (χ1n) is 3.41. The lowest BCUT2D eigenvalue weighted by molar-refractivity contribution is -0.137. The van der Waals surface area contributed by atoms with Gasteiger partial charge in [-0.05, 0) is 20.5 Å². The van der Waals surface area contributed by atoms with Crippen LogP contribution >= 0.6 is 0 Å². The largest absolute Gasteiger partial charge is 0.481 e. The molecule has 0 aromatic carbocycles. The molecule has 1 unspecified atom stereocenters. The van der Waals surface area contributed by atoms with Gasteiger partial charge in [-0.2, -0.15) is 0 Å². The summed E-state index contributed by atoms with van der Waals surface area (Å²) in [4.78, 5) is 22.1. The average molecular weight is 159 g/mol. The Hall–Kier alpha value is -0.900. The van der Waals surface area contributed by atoms with Gasteiger partial charge in [-0.15, -0.1) is 0 Å². The Morgan fingerprint density at radius 3 is 2.45 bits per heavy atom. The Morgan fingerprint density at radius 1 is 1.64 bits per heavy atom. The number of carboxylic acids is 1. The molecule has 0 aromatic heterocycles. The van der Waals surface area contributed by atoms with Crippen LogP contribution in [-0.4, -0.2) is 42.4 Å². The van der Waals surface area contributed by atoms with E-state index < -0.39 is 5.97 Å². The minimum Gasteiger partial charge on any atom is -0.481 e. The van der Waals surface area contributed by atoms with Crippen LogP contribution < -0.4 is 0 Å². The summed E-state index contributed by atoms with van der Waals surface area (Å²) in [6.45, 7) is 0. The van der Waals surface area contributed by atoms with Crippen molar-refractivity contribution in [2.24, 2.45) is 0 Å². The molecule has 64 valence electrons. The van der Waals surface area contributed by atoms with Gasteiger partial charge in [0.1, 0.15) is 6.29 Å². The Labute approximate surface area is 65.8 Å². The molecule has 0 bridgehead atoms. The molecular formula is C7H13NO3. The van der Waals surface area contributed by atoms with E-state index in [-0.39, 0.29) is 12.5 Å².